The van der Waals surface area contributed by atoms with Crippen molar-refractivity contribution in [2.45, 2.75) is 6.92 Å². The van der Waals surface area contributed by atoms with E-state index in [9.17, 15) is 0 Å². The molecule has 0 spiro atoms. The maximum absolute atomic E-state index is 4.95. The molecule has 0 aliphatic carbocycles. The van der Waals surface area contributed by atoms with Crippen LogP contribution in [-0.2, 0) is 0 Å². The van der Waals surface area contributed by atoms with E-state index in [1.807, 2.05) is 13.0 Å². The molecule has 0 atom stereocenters. The number of aryl methyl sites for hydroxylation is 1. The van der Waals surface area contributed by atoms with Gasteiger partial charge in [-0.05, 0) is 24.7 Å². The average molecular weight is 185 g/mol. The third-order valence-corrected chi connectivity index (χ3v) is 1.25. The van der Waals surface area contributed by atoms with Gasteiger partial charge < -0.3 is 4.74 Å². The minimum absolute atomic E-state index is 0.182. The fraction of sp³-hybridized carbons (Fsp3) is 0.143. The van der Waals surface area contributed by atoms with Crippen molar-refractivity contribution in [3.05, 3.63) is 23.9 Å². The number of rotatable bonds is 1. The largest absolute Gasteiger partial charge is 0.422 e. The van der Waals surface area contributed by atoms with Crippen molar-refractivity contribution < 1.29 is 4.74 Å². The third-order valence-electron chi connectivity index (χ3n) is 1.08. The summed E-state index contributed by atoms with van der Waals surface area (Å²) < 4.78 is 5.14. The Hall–Kier alpha value is -0.610. The summed E-state index contributed by atoms with van der Waals surface area (Å²) in [5.74, 6) is 0.482. The lowest BCUT2D eigenvalue weighted by Gasteiger charge is -1.99. The summed E-state index contributed by atoms with van der Waals surface area (Å²) >= 11 is 8.42. The first-order valence-corrected chi connectivity index (χ1v) is 3.87. The molecule has 1 aromatic rings. The van der Waals surface area contributed by atoms with Crippen LogP contribution in [0.15, 0.2) is 18.3 Å². The Morgan fingerprint density at radius 3 is 2.82 bits per heavy atom. The second kappa shape index (κ2) is 3.69. The first-order valence-electron chi connectivity index (χ1n) is 3.02. The number of aromatic nitrogens is 1. The van der Waals surface area contributed by atoms with Gasteiger partial charge in [-0.3, -0.25) is 0 Å². The molecule has 0 radical (unpaired) electrons. The molecule has 4 heteroatoms. The first-order chi connectivity index (χ1) is 5.18. The number of ether oxygens (including phenoxy) is 1. The maximum atomic E-state index is 4.95. The van der Waals surface area contributed by atoms with E-state index in [1.54, 1.807) is 12.3 Å². The normalized spacial score (nSPS) is 9.27. The van der Waals surface area contributed by atoms with Crippen LogP contribution in [0, 0.1) is 6.92 Å². The van der Waals surface area contributed by atoms with E-state index in [2.05, 4.69) is 29.8 Å². The van der Waals surface area contributed by atoms with Crippen molar-refractivity contribution in [1.29, 1.82) is 0 Å². The van der Waals surface area contributed by atoms with Gasteiger partial charge in [0.05, 0.1) is 0 Å². The van der Waals surface area contributed by atoms with Gasteiger partial charge in [-0.2, -0.15) is 0 Å². The standard InChI is InChI=1S/C7H7NOS2/c1-5-2-3-6(8-4-5)9-7(10)11/h2-4H,1H3,(H,10,11). The van der Waals surface area contributed by atoms with Gasteiger partial charge >= 0.3 is 0 Å². The predicted molar refractivity (Wildman–Crippen MR) is 51.2 cm³/mol. The molecule has 58 valence electrons. The fourth-order valence-corrected chi connectivity index (χ4v) is 0.783. The average Bonchev–Trinajstić information content (AvgIpc) is 1.93. The highest BCUT2D eigenvalue weighted by Crippen LogP contribution is 2.07. The molecule has 0 amide bonds. The van der Waals surface area contributed by atoms with E-state index in [0.717, 1.165) is 5.56 Å². The molecule has 1 heterocycles. The molecule has 0 saturated carbocycles. The Morgan fingerprint density at radius 1 is 1.64 bits per heavy atom. The lowest BCUT2D eigenvalue weighted by Crippen LogP contribution is -1.97. The summed E-state index contributed by atoms with van der Waals surface area (Å²) in [7, 11) is 0. The van der Waals surface area contributed by atoms with Crippen LogP contribution in [0.2, 0.25) is 0 Å². The van der Waals surface area contributed by atoms with E-state index in [-0.39, 0.29) is 4.38 Å². The molecule has 0 unspecified atom stereocenters. The molecular weight excluding hydrogens is 178 g/mol. The minimum Gasteiger partial charge on any atom is -0.422 e. The van der Waals surface area contributed by atoms with Gasteiger partial charge in [-0.1, -0.05) is 18.7 Å². The van der Waals surface area contributed by atoms with Crippen molar-refractivity contribution in [1.82, 2.24) is 4.98 Å². The zero-order valence-corrected chi connectivity index (χ0v) is 7.65. The van der Waals surface area contributed by atoms with E-state index >= 15 is 0 Å². The number of nitrogens with zero attached hydrogens (tertiary/aromatic N) is 1. The zero-order valence-electron chi connectivity index (χ0n) is 5.94. The zero-order chi connectivity index (χ0) is 8.27. The molecule has 0 aliphatic heterocycles. The minimum atomic E-state index is 0.182. The van der Waals surface area contributed by atoms with Crippen molar-refractivity contribution in [3.63, 3.8) is 0 Å². The predicted octanol–water partition coefficient (Wildman–Crippen LogP) is 1.98. The third kappa shape index (κ3) is 2.86. The number of thiocarbonyl (C=S) groups is 1. The Kier molecular flexibility index (Phi) is 2.84. The molecular formula is C7H7NOS2. The van der Waals surface area contributed by atoms with E-state index in [4.69, 9.17) is 4.74 Å². The van der Waals surface area contributed by atoms with Crippen molar-refractivity contribution in [2.75, 3.05) is 0 Å². The summed E-state index contributed by atoms with van der Waals surface area (Å²) in [5, 5.41) is 0. The highest BCUT2D eigenvalue weighted by molar-refractivity contribution is 8.10. The second-order valence-electron chi connectivity index (χ2n) is 2.04. The molecule has 2 nitrogen and oxygen atoms in total. The molecule has 0 saturated heterocycles. The molecule has 1 aromatic heterocycles. The highest BCUT2D eigenvalue weighted by atomic mass is 32.1. The summed E-state index contributed by atoms with van der Waals surface area (Å²) in [4.78, 5) is 3.96. The fourth-order valence-electron chi connectivity index (χ4n) is 0.604. The van der Waals surface area contributed by atoms with Crippen molar-refractivity contribution >= 4 is 29.2 Å². The Labute approximate surface area is 76.0 Å². The van der Waals surface area contributed by atoms with Gasteiger partial charge in [0.1, 0.15) is 0 Å². The number of pyridine rings is 1. The van der Waals surface area contributed by atoms with E-state index in [0.29, 0.717) is 5.88 Å². The van der Waals surface area contributed by atoms with Crippen LogP contribution in [0.1, 0.15) is 5.56 Å². The van der Waals surface area contributed by atoms with Crippen LogP contribution < -0.4 is 4.74 Å². The second-order valence-corrected chi connectivity index (χ2v) is 3.12. The lowest BCUT2D eigenvalue weighted by molar-refractivity contribution is 0.554. The van der Waals surface area contributed by atoms with Crippen molar-refractivity contribution in [3.8, 4) is 5.88 Å². The monoisotopic (exact) mass is 185 g/mol. The molecule has 0 fully saturated rings. The lowest BCUT2D eigenvalue weighted by atomic mass is 10.3. The first kappa shape index (κ1) is 8.49. The van der Waals surface area contributed by atoms with Gasteiger partial charge in [-0.15, -0.1) is 0 Å². The van der Waals surface area contributed by atoms with Crippen LogP contribution in [0.5, 0.6) is 5.88 Å². The van der Waals surface area contributed by atoms with Gasteiger partial charge in [0.25, 0.3) is 0 Å². The summed E-state index contributed by atoms with van der Waals surface area (Å²) in [6.45, 7) is 1.95. The summed E-state index contributed by atoms with van der Waals surface area (Å²) in [6, 6.07) is 3.65. The molecule has 0 bridgehead atoms. The molecule has 0 aliphatic rings. The van der Waals surface area contributed by atoms with E-state index < -0.39 is 0 Å². The van der Waals surface area contributed by atoms with Crippen molar-refractivity contribution in [2.24, 2.45) is 0 Å². The van der Waals surface area contributed by atoms with Gasteiger partial charge in [0.15, 0.2) is 0 Å². The van der Waals surface area contributed by atoms with Gasteiger partial charge in [0.2, 0.25) is 10.3 Å². The summed E-state index contributed by atoms with van der Waals surface area (Å²) in [6.07, 6.45) is 1.71. The number of hydrogen-bond donors (Lipinski definition) is 1. The van der Waals surface area contributed by atoms with Crippen LogP contribution >= 0.6 is 24.8 Å². The molecule has 11 heavy (non-hydrogen) atoms. The van der Waals surface area contributed by atoms with Crippen LogP contribution in [-0.4, -0.2) is 9.37 Å². The molecule has 0 aromatic carbocycles. The van der Waals surface area contributed by atoms with Crippen LogP contribution in [0.4, 0.5) is 0 Å². The van der Waals surface area contributed by atoms with Gasteiger partial charge in [-0.25, -0.2) is 4.98 Å². The van der Waals surface area contributed by atoms with E-state index in [1.165, 1.54) is 0 Å². The maximum Gasteiger partial charge on any atom is 0.224 e. The number of hydrogen-bond acceptors (Lipinski definition) is 3. The van der Waals surface area contributed by atoms with Crippen LogP contribution in [0.25, 0.3) is 0 Å². The quantitative estimate of drug-likeness (QED) is 0.534. The molecule has 0 N–H and O–H groups in total. The Balaban J connectivity index is 2.74. The topological polar surface area (TPSA) is 22.1 Å². The van der Waals surface area contributed by atoms with Gasteiger partial charge in [0, 0.05) is 12.3 Å². The summed E-state index contributed by atoms with van der Waals surface area (Å²) in [5.41, 5.74) is 1.09. The smallest absolute Gasteiger partial charge is 0.224 e. The van der Waals surface area contributed by atoms with Crippen LogP contribution in [0.3, 0.4) is 0 Å². The highest BCUT2D eigenvalue weighted by Gasteiger charge is 1.94. The number of thiol groups is 1. The molecule has 1 rings (SSSR count). The Bertz CT molecular complexity index is 258. The SMILES string of the molecule is Cc1ccc(OC(=S)S)nc1. The Morgan fingerprint density at radius 2 is 2.36 bits per heavy atom.